The first-order chi connectivity index (χ1) is 6.86. The van der Waals surface area contributed by atoms with Gasteiger partial charge in [0.15, 0.2) is 0 Å². The SMILES string of the molecule is O=C1NN=C(c2cccnc2)[C@@H]2C[C@H]12. The zero-order valence-corrected chi connectivity index (χ0v) is 7.47. The van der Waals surface area contributed by atoms with Gasteiger partial charge in [0.05, 0.1) is 5.71 Å². The number of aromatic nitrogens is 1. The Balaban J connectivity index is 1.97. The molecular formula is C10H9N3O. The van der Waals surface area contributed by atoms with E-state index in [-0.39, 0.29) is 11.8 Å². The maximum absolute atomic E-state index is 11.2. The van der Waals surface area contributed by atoms with Gasteiger partial charge in [-0.3, -0.25) is 9.78 Å². The number of rotatable bonds is 1. The van der Waals surface area contributed by atoms with Crippen molar-refractivity contribution >= 4 is 11.6 Å². The summed E-state index contributed by atoms with van der Waals surface area (Å²) in [6.45, 7) is 0. The topological polar surface area (TPSA) is 54.4 Å². The molecule has 2 heterocycles. The second-order valence-electron chi connectivity index (χ2n) is 3.66. The number of hydrogen-bond acceptors (Lipinski definition) is 3. The molecule has 14 heavy (non-hydrogen) atoms. The van der Waals surface area contributed by atoms with Gasteiger partial charge in [-0.2, -0.15) is 5.10 Å². The van der Waals surface area contributed by atoms with Gasteiger partial charge < -0.3 is 0 Å². The standard InChI is InChI=1S/C10H9N3O/c14-10-8-4-7(8)9(12-13-10)6-2-1-3-11-5-6/h1-3,5,7-8H,4H2,(H,13,14)/t7-,8+/m1/s1. The van der Waals surface area contributed by atoms with E-state index in [1.54, 1.807) is 12.4 Å². The fraction of sp³-hybridized carbons (Fsp3) is 0.300. The van der Waals surface area contributed by atoms with Crippen molar-refractivity contribution in [2.75, 3.05) is 0 Å². The average molecular weight is 187 g/mol. The summed E-state index contributed by atoms with van der Waals surface area (Å²) >= 11 is 0. The van der Waals surface area contributed by atoms with Crippen LogP contribution in [0.4, 0.5) is 0 Å². The highest BCUT2D eigenvalue weighted by molar-refractivity contribution is 6.09. The maximum Gasteiger partial charge on any atom is 0.243 e. The molecule has 1 aromatic rings. The smallest absolute Gasteiger partial charge is 0.243 e. The normalized spacial score (nSPS) is 28.9. The summed E-state index contributed by atoms with van der Waals surface area (Å²) in [7, 11) is 0. The minimum atomic E-state index is 0.0580. The molecule has 2 aliphatic rings. The van der Waals surface area contributed by atoms with Gasteiger partial charge in [-0.15, -0.1) is 0 Å². The molecule has 1 aromatic heterocycles. The van der Waals surface area contributed by atoms with Crippen molar-refractivity contribution in [2.24, 2.45) is 16.9 Å². The van der Waals surface area contributed by atoms with Crippen molar-refractivity contribution in [3.8, 4) is 0 Å². The van der Waals surface area contributed by atoms with Gasteiger partial charge in [0, 0.05) is 29.8 Å². The van der Waals surface area contributed by atoms with Crippen LogP contribution >= 0.6 is 0 Å². The number of hydrazone groups is 1. The molecule has 2 atom stereocenters. The second-order valence-corrected chi connectivity index (χ2v) is 3.66. The molecule has 1 N–H and O–H groups in total. The summed E-state index contributed by atoms with van der Waals surface area (Å²) in [6, 6.07) is 3.85. The largest absolute Gasteiger partial charge is 0.273 e. The summed E-state index contributed by atoms with van der Waals surface area (Å²) in [6.07, 6.45) is 4.45. The van der Waals surface area contributed by atoms with Crippen LogP contribution in [0.1, 0.15) is 12.0 Å². The Bertz CT molecular complexity index is 413. The maximum atomic E-state index is 11.2. The molecule has 0 bridgehead atoms. The quantitative estimate of drug-likeness (QED) is 0.698. The molecule has 4 nitrogen and oxygen atoms in total. The second kappa shape index (κ2) is 2.64. The van der Waals surface area contributed by atoms with Crippen LogP contribution in [-0.2, 0) is 4.79 Å². The fourth-order valence-electron chi connectivity index (χ4n) is 1.86. The third-order valence-corrected chi connectivity index (χ3v) is 2.72. The molecular weight excluding hydrogens is 178 g/mol. The van der Waals surface area contributed by atoms with Gasteiger partial charge in [0.1, 0.15) is 0 Å². The Kier molecular flexibility index (Phi) is 1.45. The molecule has 1 aliphatic carbocycles. The van der Waals surface area contributed by atoms with Crippen molar-refractivity contribution in [3.63, 3.8) is 0 Å². The molecule has 1 amide bonds. The summed E-state index contributed by atoms with van der Waals surface area (Å²) in [5, 5.41) is 4.08. The van der Waals surface area contributed by atoms with Crippen LogP contribution in [0.3, 0.4) is 0 Å². The Labute approximate surface area is 81.0 Å². The van der Waals surface area contributed by atoms with Crippen LogP contribution in [0.2, 0.25) is 0 Å². The van der Waals surface area contributed by atoms with E-state index in [2.05, 4.69) is 15.5 Å². The molecule has 0 saturated heterocycles. The Morgan fingerprint density at radius 2 is 2.36 bits per heavy atom. The van der Waals surface area contributed by atoms with Crippen LogP contribution < -0.4 is 5.43 Å². The monoisotopic (exact) mass is 187 g/mol. The van der Waals surface area contributed by atoms with Crippen LogP contribution in [0.15, 0.2) is 29.6 Å². The van der Waals surface area contributed by atoms with Crippen LogP contribution in [0.5, 0.6) is 0 Å². The lowest BCUT2D eigenvalue weighted by molar-refractivity contribution is -0.122. The third kappa shape index (κ3) is 1.04. The Morgan fingerprint density at radius 1 is 1.43 bits per heavy atom. The van der Waals surface area contributed by atoms with E-state index in [4.69, 9.17) is 0 Å². The predicted octanol–water partition coefficient (Wildman–Crippen LogP) is 0.552. The molecule has 1 saturated carbocycles. The van der Waals surface area contributed by atoms with Crippen LogP contribution in [0.25, 0.3) is 0 Å². The van der Waals surface area contributed by atoms with Crippen molar-refractivity contribution in [3.05, 3.63) is 30.1 Å². The van der Waals surface area contributed by atoms with Gasteiger partial charge in [-0.1, -0.05) is 0 Å². The molecule has 70 valence electrons. The molecule has 3 rings (SSSR count). The lowest BCUT2D eigenvalue weighted by Crippen LogP contribution is -2.28. The van der Waals surface area contributed by atoms with Gasteiger partial charge in [0.25, 0.3) is 0 Å². The number of amides is 1. The van der Waals surface area contributed by atoms with Gasteiger partial charge in [-0.05, 0) is 18.6 Å². The summed E-state index contributed by atoms with van der Waals surface area (Å²) in [5.41, 5.74) is 4.53. The molecule has 0 unspecified atom stereocenters. The molecule has 1 aliphatic heterocycles. The summed E-state index contributed by atoms with van der Waals surface area (Å²) < 4.78 is 0. The number of nitrogens with one attached hydrogen (secondary N) is 1. The number of fused-ring (bicyclic) bond motifs is 1. The number of hydrogen-bond donors (Lipinski definition) is 1. The van der Waals surface area contributed by atoms with E-state index in [0.29, 0.717) is 5.92 Å². The van der Waals surface area contributed by atoms with Crippen molar-refractivity contribution in [1.29, 1.82) is 0 Å². The number of carbonyl (C=O) groups is 1. The number of nitrogens with zero attached hydrogens (tertiary/aromatic N) is 2. The van der Waals surface area contributed by atoms with E-state index in [1.807, 2.05) is 12.1 Å². The molecule has 0 radical (unpaired) electrons. The first kappa shape index (κ1) is 7.67. The van der Waals surface area contributed by atoms with E-state index < -0.39 is 0 Å². The van der Waals surface area contributed by atoms with E-state index in [9.17, 15) is 4.79 Å². The third-order valence-electron chi connectivity index (χ3n) is 2.72. The van der Waals surface area contributed by atoms with E-state index in [0.717, 1.165) is 17.7 Å². The number of pyridine rings is 1. The summed E-state index contributed by atoms with van der Waals surface area (Å²) in [5.74, 6) is 0.540. The fourth-order valence-corrected chi connectivity index (χ4v) is 1.86. The highest BCUT2D eigenvalue weighted by Crippen LogP contribution is 2.43. The highest BCUT2D eigenvalue weighted by Gasteiger charge is 2.49. The predicted molar refractivity (Wildman–Crippen MR) is 50.5 cm³/mol. The first-order valence-electron chi connectivity index (χ1n) is 4.64. The summed E-state index contributed by atoms with van der Waals surface area (Å²) in [4.78, 5) is 15.2. The van der Waals surface area contributed by atoms with E-state index >= 15 is 0 Å². The lowest BCUT2D eigenvalue weighted by atomic mass is 10.1. The minimum Gasteiger partial charge on any atom is -0.273 e. The highest BCUT2D eigenvalue weighted by atomic mass is 16.2. The minimum absolute atomic E-state index is 0.0580. The van der Waals surface area contributed by atoms with Crippen molar-refractivity contribution < 1.29 is 4.79 Å². The van der Waals surface area contributed by atoms with Crippen molar-refractivity contribution in [1.82, 2.24) is 10.4 Å². The average Bonchev–Trinajstić information content (AvgIpc) is 3.00. The van der Waals surface area contributed by atoms with Crippen LogP contribution in [-0.4, -0.2) is 16.6 Å². The lowest BCUT2D eigenvalue weighted by Gasteiger charge is -2.10. The Morgan fingerprint density at radius 3 is 3.14 bits per heavy atom. The van der Waals surface area contributed by atoms with Gasteiger partial charge >= 0.3 is 0 Å². The molecule has 4 heteroatoms. The van der Waals surface area contributed by atoms with Crippen molar-refractivity contribution in [2.45, 2.75) is 6.42 Å². The van der Waals surface area contributed by atoms with Crippen LogP contribution in [0, 0.1) is 11.8 Å². The van der Waals surface area contributed by atoms with Gasteiger partial charge in [0.2, 0.25) is 5.91 Å². The number of carbonyl (C=O) groups excluding carboxylic acids is 1. The van der Waals surface area contributed by atoms with Gasteiger partial charge in [-0.25, -0.2) is 5.43 Å². The van der Waals surface area contributed by atoms with E-state index in [1.165, 1.54) is 0 Å². The first-order valence-corrected chi connectivity index (χ1v) is 4.64. The molecule has 0 spiro atoms. The molecule has 1 fully saturated rings. The zero-order valence-electron chi connectivity index (χ0n) is 7.47. The Hall–Kier alpha value is -1.71. The molecule has 0 aromatic carbocycles. The zero-order chi connectivity index (χ0) is 9.54.